The summed E-state index contributed by atoms with van der Waals surface area (Å²) in [5, 5.41) is 7.62. The molecule has 210 valence electrons. The van der Waals surface area contributed by atoms with E-state index >= 15 is 0 Å². The fraction of sp³-hybridized carbons (Fsp3) is 0.370. The molecule has 4 aromatic heterocycles. The van der Waals surface area contributed by atoms with Crippen LogP contribution in [0.3, 0.4) is 0 Å². The number of amides is 2. The van der Waals surface area contributed by atoms with E-state index in [0.717, 1.165) is 6.20 Å². The summed E-state index contributed by atoms with van der Waals surface area (Å²) in [6, 6.07) is 3.52. The van der Waals surface area contributed by atoms with Crippen molar-refractivity contribution in [2.75, 3.05) is 50.8 Å². The van der Waals surface area contributed by atoms with Crippen molar-refractivity contribution in [2.24, 2.45) is 0 Å². The predicted octanol–water partition coefficient (Wildman–Crippen LogP) is 1.21. The maximum absolute atomic E-state index is 15.0. The van der Waals surface area contributed by atoms with Crippen molar-refractivity contribution < 1.29 is 23.5 Å². The summed E-state index contributed by atoms with van der Waals surface area (Å²) in [4.78, 5) is 57.4. The Hall–Kier alpha value is -4.72. The third-order valence-corrected chi connectivity index (χ3v) is 8.06. The van der Waals surface area contributed by atoms with E-state index in [-0.39, 0.29) is 34.7 Å². The monoisotopic (exact) mass is 559 g/mol. The number of aromatic amines is 1. The minimum absolute atomic E-state index is 0.0212. The lowest BCUT2D eigenvalue weighted by Crippen LogP contribution is -2.59. The molecule has 14 heteroatoms. The molecule has 4 aromatic rings. The van der Waals surface area contributed by atoms with Gasteiger partial charge in [0.2, 0.25) is 0 Å². The topological polar surface area (TPSA) is 142 Å². The first kappa shape index (κ1) is 25.3. The molecule has 7 rings (SSSR count). The van der Waals surface area contributed by atoms with Crippen LogP contribution in [-0.4, -0.2) is 109 Å². The second kappa shape index (κ2) is 9.73. The molecule has 1 saturated carbocycles. The first-order valence-corrected chi connectivity index (χ1v) is 13.4. The van der Waals surface area contributed by atoms with Crippen LogP contribution in [0, 0.1) is 5.82 Å². The van der Waals surface area contributed by atoms with Gasteiger partial charge in [0.15, 0.2) is 11.6 Å². The second-order valence-corrected chi connectivity index (χ2v) is 10.4. The summed E-state index contributed by atoms with van der Waals surface area (Å²) >= 11 is 0. The van der Waals surface area contributed by atoms with Gasteiger partial charge in [-0.15, -0.1) is 5.10 Å². The largest absolute Gasteiger partial charge is 0.378 e. The third kappa shape index (κ3) is 4.22. The van der Waals surface area contributed by atoms with Crippen LogP contribution < -0.4 is 4.90 Å². The number of carbonyl (C=O) groups is 3. The summed E-state index contributed by atoms with van der Waals surface area (Å²) in [5.74, 6) is -1.48. The number of rotatable bonds is 5. The van der Waals surface area contributed by atoms with Gasteiger partial charge in [-0.05, 0) is 25.0 Å². The number of nitrogens with zero attached hydrogens (tertiary/aromatic N) is 8. The maximum Gasteiger partial charge on any atom is 0.295 e. The van der Waals surface area contributed by atoms with Crippen molar-refractivity contribution in [1.82, 2.24) is 39.7 Å². The van der Waals surface area contributed by atoms with Crippen molar-refractivity contribution in [2.45, 2.75) is 18.4 Å². The molecule has 0 unspecified atom stereocenters. The van der Waals surface area contributed by atoms with Crippen LogP contribution in [0.5, 0.6) is 0 Å². The van der Waals surface area contributed by atoms with Gasteiger partial charge in [0.25, 0.3) is 17.6 Å². The van der Waals surface area contributed by atoms with Gasteiger partial charge in [-0.25, -0.2) is 19.0 Å². The highest BCUT2D eigenvalue weighted by Gasteiger charge is 2.54. The summed E-state index contributed by atoms with van der Waals surface area (Å²) in [6.45, 7) is 3.14. The molecule has 0 radical (unpaired) electrons. The molecule has 41 heavy (non-hydrogen) atoms. The van der Waals surface area contributed by atoms with E-state index in [1.807, 2.05) is 4.90 Å². The van der Waals surface area contributed by atoms with Crippen molar-refractivity contribution in [1.29, 1.82) is 0 Å². The molecular weight excluding hydrogens is 533 g/mol. The van der Waals surface area contributed by atoms with Gasteiger partial charge in [-0.1, -0.05) is 5.21 Å². The number of aromatic nitrogens is 6. The smallest absolute Gasteiger partial charge is 0.295 e. The highest BCUT2D eigenvalue weighted by atomic mass is 19.1. The number of morpholine rings is 1. The number of hydrogen-bond donors (Lipinski definition) is 1. The van der Waals surface area contributed by atoms with Gasteiger partial charge in [0.1, 0.15) is 5.82 Å². The molecule has 0 aromatic carbocycles. The summed E-state index contributed by atoms with van der Waals surface area (Å²) < 4.78 is 21.7. The Balaban J connectivity index is 1.14. The molecule has 6 heterocycles. The number of ether oxygens (including phenoxy) is 1. The summed E-state index contributed by atoms with van der Waals surface area (Å²) in [7, 11) is 0. The number of anilines is 1. The van der Waals surface area contributed by atoms with Crippen LogP contribution in [0.4, 0.5) is 10.2 Å². The van der Waals surface area contributed by atoms with Gasteiger partial charge in [-0.2, -0.15) is 0 Å². The van der Waals surface area contributed by atoms with E-state index in [0.29, 0.717) is 63.6 Å². The zero-order chi connectivity index (χ0) is 28.1. The first-order valence-electron chi connectivity index (χ1n) is 13.4. The fourth-order valence-electron chi connectivity index (χ4n) is 5.81. The lowest BCUT2D eigenvalue weighted by molar-refractivity contribution is -0.130. The van der Waals surface area contributed by atoms with E-state index in [9.17, 15) is 18.8 Å². The first-order chi connectivity index (χ1) is 20.0. The number of fused-ring (bicyclic) bond motifs is 1. The Bertz CT molecular complexity index is 1660. The fourth-order valence-corrected chi connectivity index (χ4v) is 5.81. The lowest BCUT2D eigenvalue weighted by atomic mass is 10.0. The SMILES string of the molecule is O=C(C(=O)N1CCN(c2ncccc2C(=O)N2CCOCC2)CC12CC2)c1c[nH]c2c(-n3ccnn3)ncc(F)c12. The minimum Gasteiger partial charge on any atom is -0.378 e. The third-order valence-electron chi connectivity index (χ3n) is 8.06. The Kier molecular flexibility index (Phi) is 5.99. The normalized spacial score (nSPS) is 18.2. The molecule has 0 bridgehead atoms. The number of piperazine rings is 1. The average Bonchev–Trinajstić information content (AvgIpc) is 3.38. The number of hydrogen-bond acceptors (Lipinski definition) is 9. The number of ketones is 1. The van der Waals surface area contributed by atoms with Crippen molar-refractivity contribution >= 4 is 34.3 Å². The van der Waals surface area contributed by atoms with Crippen LogP contribution in [0.25, 0.3) is 16.7 Å². The quantitative estimate of drug-likeness (QED) is 0.282. The zero-order valence-electron chi connectivity index (χ0n) is 22.0. The van der Waals surface area contributed by atoms with Gasteiger partial charge >= 0.3 is 0 Å². The number of nitrogens with one attached hydrogen (secondary N) is 1. The summed E-state index contributed by atoms with van der Waals surface area (Å²) in [5.41, 5.74) is 0.129. The molecule has 1 spiro atoms. The Morgan fingerprint density at radius 3 is 2.59 bits per heavy atom. The standard InChI is InChI=1S/C27H26FN9O4/c28-19-15-31-24(37-7-6-32-33-37)21-20(19)18(14-30-21)22(38)26(40)36-9-8-35(16-27(36)3-4-27)23-17(2-1-5-29-23)25(39)34-10-12-41-13-11-34/h1-2,5-7,14-15,30H,3-4,8-13,16H2. The number of halogens is 1. The van der Waals surface area contributed by atoms with Gasteiger partial charge in [0, 0.05) is 45.1 Å². The number of pyridine rings is 2. The zero-order valence-corrected chi connectivity index (χ0v) is 22.0. The maximum atomic E-state index is 15.0. The van der Waals surface area contributed by atoms with Gasteiger partial charge in [0.05, 0.1) is 59.4 Å². The molecule has 1 aliphatic carbocycles. The molecular formula is C27H26FN9O4. The van der Waals surface area contributed by atoms with E-state index in [4.69, 9.17) is 4.74 Å². The Morgan fingerprint density at radius 2 is 1.83 bits per heavy atom. The van der Waals surface area contributed by atoms with Gasteiger partial charge < -0.3 is 24.4 Å². The molecule has 3 fully saturated rings. The van der Waals surface area contributed by atoms with Crippen LogP contribution in [0.15, 0.2) is 43.1 Å². The van der Waals surface area contributed by atoms with E-state index in [2.05, 4.69) is 25.3 Å². The molecule has 2 aliphatic heterocycles. The molecule has 3 aliphatic rings. The van der Waals surface area contributed by atoms with Crippen molar-refractivity contribution in [3.63, 3.8) is 0 Å². The second-order valence-electron chi connectivity index (χ2n) is 10.4. The lowest BCUT2D eigenvalue weighted by Gasteiger charge is -2.43. The van der Waals surface area contributed by atoms with Crippen molar-refractivity contribution in [3.8, 4) is 5.82 Å². The molecule has 2 saturated heterocycles. The Morgan fingerprint density at radius 1 is 1.00 bits per heavy atom. The molecule has 1 N–H and O–H groups in total. The highest BCUT2D eigenvalue weighted by molar-refractivity contribution is 6.45. The summed E-state index contributed by atoms with van der Waals surface area (Å²) in [6.07, 6.45) is 8.42. The average molecular weight is 560 g/mol. The molecule has 0 atom stereocenters. The van der Waals surface area contributed by atoms with Crippen LogP contribution in [-0.2, 0) is 9.53 Å². The van der Waals surface area contributed by atoms with Gasteiger partial charge in [-0.3, -0.25) is 14.4 Å². The highest BCUT2D eigenvalue weighted by Crippen LogP contribution is 2.45. The minimum atomic E-state index is -0.799. The number of H-pyrrole nitrogens is 1. The van der Waals surface area contributed by atoms with E-state index in [1.54, 1.807) is 34.3 Å². The van der Waals surface area contributed by atoms with Crippen LogP contribution >= 0.6 is 0 Å². The van der Waals surface area contributed by atoms with E-state index in [1.165, 1.54) is 17.1 Å². The van der Waals surface area contributed by atoms with Crippen LogP contribution in [0.2, 0.25) is 0 Å². The molecule has 13 nitrogen and oxygen atoms in total. The Labute approximate surface area is 232 Å². The number of carbonyl (C=O) groups excluding carboxylic acids is 3. The predicted molar refractivity (Wildman–Crippen MR) is 142 cm³/mol. The number of Topliss-reactive ketones (excluding diaryl/α,β-unsaturated/α-hetero) is 1. The van der Waals surface area contributed by atoms with Crippen molar-refractivity contribution in [3.05, 3.63) is 60.1 Å². The van der Waals surface area contributed by atoms with Crippen LogP contribution in [0.1, 0.15) is 33.6 Å². The molecule has 2 amide bonds. The van der Waals surface area contributed by atoms with E-state index < -0.39 is 23.0 Å².